The van der Waals surface area contributed by atoms with E-state index >= 15 is 0 Å². The third-order valence-electron chi connectivity index (χ3n) is 4.20. The van der Waals surface area contributed by atoms with Gasteiger partial charge < -0.3 is 9.88 Å². The first-order valence-electron chi connectivity index (χ1n) is 6.79. The SMILES string of the molecule is CN1CCC[C@@H]1Cc1c[nH]c2ccc(S(C)=O)cc12. The molecule has 1 aromatic heterocycles. The van der Waals surface area contributed by atoms with Crippen LogP contribution in [-0.2, 0) is 17.2 Å². The van der Waals surface area contributed by atoms with E-state index < -0.39 is 10.8 Å². The van der Waals surface area contributed by atoms with Crippen LogP contribution >= 0.6 is 0 Å². The van der Waals surface area contributed by atoms with Crippen LogP contribution in [0.2, 0.25) is 0 Å². The van der Waals surface area contributed by atoms with Crippen molar-refractivity contribution >= 4 is 21.7 Å². The molecule has 1 unspecified atom stereocenters. The summed E-state index contributed by atoms with van der Waals surface area (Å²) in [5, 5.41) is 1.23. The molecule has 0 amide bonds. The summed E-state index contributed by atoms with van der Waals surface area (Å²) in [6.45, 7) is 1.21. The van der Waals surface area contributed by atoms with Gasteiger partial charge in [0, 0.05) is 45.1 Å². The largest absolute Gasteiger partial charge is 0.361 e. The third kappa shape index (κ3) is 2.47. The van der Waals surface area contributed by atoms with E-state index in [9.17, 15) is 4.21 Å². The molecule has 1 fully saturated rings. The van der Waals surface area contributed by atoms with E-state index in [2.05, 4.69) is 29.2 Å². The predicted octanol–water partition coefficient (Wildman–Crippen LogP) is 2.54. The Morgan fingerprint density at radius 3 is 3.00 bits per heavy atom. The summed E-state index contributed by atoms with van der Waals surface area (Å²) in [6.07, 6.45) is 7.50. The first-order valence-corrected chi connectivity index (χ1v) is 8.34. The maximum absolute atomic E-state index is 11.6. The van der Waals surface area contributed by atoms with Crippen LogP contribution in [0.4, 0.5) is 0 Å². The number of likely N-dealkylation sites (tertiary alicyclic amines) is 1. The number of fused-ring (bicyclic) bond motifs is 1. The van der Waals surface area contributed by atoms with Crippen molar-refractivity contribution in [3.8, 4) is 0 Å². The van der Waals surface area contributed by atoms with Gasteiger partial charge in [-0.2, -0.15) is 0 Å². The van der Waals surface area contributed by atoms with Crippen LogP contribution < -0.4 is 0 Å². The Hall–Kier alpha value is -1.13. The van der Waals surface area contributed by atoms with Crippen molar-refractivity contribution in [2.45, 2.75) is 30.2 Å². The smallest absolute Gasteiger partial charge is 0.0498 e. The van der Waals surface area contributed by atoms with Gasteiger partial charge in [-0.15, -0.1) is 0 Å². The molecule has 1 aliphatic heterocycles. The molecule has 2 atom stereocenters. The fourth-order valence-corrected chi connectivity index (χ4v) is 3.54. The zero-order valence-electron chi connectivity index (χ0n) is 11.5. The number of likely N-dealkylation sites (N-methyl/N-ethyl adjacent to an activating group) is 1. The van der Waals surface area contributed by atoms with Crippen LogP contribution in [0.5, 0.6) is 0 Å². The normalized spacial score (nSPS) is 22.1. The van der Waals surface area contributed by atoms with Gasteiger partial charge >= 0.3 is 0 Å². The molecule has 2 aromatic rings. The molecule has 3 nitrogen and oxygen atoms in total. The molecule has 1 N–H and O–H groups in total. The molecular formula is C15H20N2OS. The first-order chi connectivity index (χ1) is 9.15. The van der Waals surface area contributed by atoms with Crippen LogP contribution in [0.3, 0.4) is 0 Å². The number of aromatic amines is 1. The number of rotatable bonds is 3. The minimum atomic E-state index is -0.913. The van der Waals surface area contributed by atoms with Gasteiger partial charge in [-0.25, -0.2) is 0 Å². The highest BCUT2D eigenvalue weighted by Crippen LogP contribution is 2.26. The molecule has 2 heterocycles. The zero-order chi connectivity index (χ0) is 13.4. The van der Waals surface area contributed by atoms with Gasteiger partial charge in [0.2, 0.25) is 0 Å². The maximum Gasteiger partial charge on any atom is 0.0498 e. The van der Waals surface area contributed by atoms with Gasteiger partial charge in [0.15, 0.2) is 0 Å². The van der Waals surface area contributed by atoms with E-state index in [1.54, 1.807) is 6.26 Å². The van der Waals surface area contributed by atoms with E-state index in [0.29, 0.717) is 6.04 Å². The molecule has 1 aliphatic rings. The number of hydrogen-bond acceptors (Lipinski definition) is 2. The third-order valence-corrected chi connectivity index (χ3v) is 5.12. The standard InChI is InChI=1S/C15H20N2OS/c1-17-7-3-4-12(17)8-11-10-16-15-6-5-13(19(2)18)9-14(11)15/h5-6,9-10,12,16H,3-4,7-8H2,1-2H3/t12-,19?/m1/s1. The first kappa shape index (κ1) is 12.9. The van der Waals surface area contributed by atoms with Crippen LogP contribution in [0.25, 0.3) is 10.9 Å². The lowest BCUT2D eigenvalue weighted by molar-refractivity contribution is 0.310. The van der Waals surface area contributed by atoms with Crippen molar-refractivity contribution in [3.05, 3.63) is 30.0 Å². The molecular weight excluding hydrogens is 256 g/mol. The van der Waals surface area contributed by atoms with E-state index in [1.807, 2.05) is 12.1 Å². The zero-order valence-corrected chi connectivity index (χ0v) is 12.3. The number of hydrogen-bond donors (Lipinski definition) is 1. The monoisotopic (exact) mass is 276 g/mol. The topological polar surface area (TPSA) is 36.1 Å². The lowest BCUT2D eigenvalue weighted by atomic mass is 10.0. The summed E-state index contributed by atoms with van der Waals surface area (Å²) >= 11 is 0. The average Bonchev–Trinajstić information content (AvgIpc) is 2.97. The second-order valence-corrected chi connectivity index (χ2v) is 6.84. The Morgan fingerprint density at radius 1 is 1.47 bits per heavy atom. The fourth-order valence-electron chi connectivity index (χ4n) is 3.00. The second kappa shape index (κ2) is 5.10. The van der Waals surface area contributed by atoms with Gasteiger partial charge in [-0.3, -0.25) is 4.21 Å². The lowest BCUT2D eigenvalue weighted by Crippen LogP contribution is -2.26. The van der Waals surface area contributed by atoms with Gasteiger partial charge in [0.05, 0.1) is 0 Å². The highest BCUT2D eigenvalue weighted by atomic mass is 32.2. The van der Waals surface area contributed by atoms with E-state index in [-0.39, 0.29) is 0 Å². The molecule has 19 heavy (non-hydrogen) atoms. The summed E-state index contributed by atoms with van der Waals surface area (Å²) < 4.78 is 11.6. The van der Waals surface area contributed by atoms with Crippen molar-refractivity contribution in [2.75, 3.05) is 19.8 Å². The summed E-state index contributed by atoms with van der Waals surface area (Å²) in [7, 11) is 1.29. The number of nitrogens with one attached hydrogen (secondary N) is 1. The van der Waals surface area contributed by atoms with E-state index in [0.717, 1.165) is 16.8 Å². The number of H-pyrrole nitrogens is 1. The van der Waals surface area contributed by atoms with Gasteiger partial charge in [0.1, 0.15) is 0 Å². The molecule has 102 valence electrons. The summed E-state index contributed by atoms with van der Waals surface area (Å²) in [5.41, 5.74) is 2.49. The molecule has 0 aliphatic carbocycles. The Bertz CT molecular complexity index is 620. The summed E-state index contributed by atoms with van der Waals surface area (Å²) in [6, 6.07) is 6.70. The van der Waals surface area contributed by atoms with Crippen molar-refractivity contribution in [1.29, 1.82) is 0 Å². The number of nitrogens with zero attached hydrogens (tertiary/aromatic N) is 1. The van der Waals surface area contributed by atoms with Gasteiger partial charge in [-0.05, 0) is 56.6 Å². The molecule has 0 spiro atoms. The van der Waals surface area contributed by atoms with Crippen LogP contribution in [0.1, 0.15) is 18.4 Å². The van der Waals surface area contributed by atoms with Crippen LogP contribution in [-0.4, -0.2) is 40.0 Å². The van der Waals surface area contributed by atoms with Crippen molar-refractivity contribution in [2.24, 2.45) is 0 Å². The second-order valence-electron chi connectivity index (χ2n) is 5.46. The fraction of sp³-hybridized carbons (Fsp3) is 0.467. The van der Waals surface area contributed by atoms with E-state index in [4.69, 9.17) is 0 Å². The van der Waals surface area contributed by atoms with E-state index in [1.165, 1.54) is 30.3 Å². The minimum absolute atomic E-state index is 0.648. The Morgan fingerprint density at radius 2 is 2.32 bits per heavy atom. The predicted molar refractivity (Wildman–Crippen MR) is 80.0 cm³/mol. The van der Waals surface area contributed by atoms with Crippen LogP contribution in [0.15, 0.2) is 29.3 Å². The molecule has 4 heteroatoms. The number of benzene rings is 1. The highest BCUT2D eigenvalue weighted by molar-refractivity contribution is 7.84. The number of aromatic nitrogens is 1. The quantitative estimate of drug-likeness (QED) is 0.935. The Labute approximate surface area is 116 Å². The van der Waals surface area contributed by atoms with Gasteiger partial charge in [0.25, 0.3) is 0 Å². The highest BCUT2D eigenvalue weighted by Gasteiger charge is 2.22. The maximum atomic E-state index is 11.6. The molecule has 1 aromatic carbocycles. The summed E-state index contributed by atoms with van der Waals surface area (Å²) in [4.78, 5) is 6.68. The van der Waals surface area contributed by atoms with Crippen molar-refractivity contribution < 1.29 is 4.21 Å². The van der Waals surface area contributed by atoms with Crippen molar-refractivity contribution in [3.63, 3.8) is 0 Å². The van der Waals surface area contributed by atoms with Gasteiger partial charge in [-0.1, -0.05) is 0 Å². The molecule has 1 saturated heterocycles. The minimum Gasteiger partial charge on any atom is -0.361 e. The molecule has 0 bridgehead atoms. The Kier molecular flexibility index (Phi) is 3.46. The molecule has 3 rings (SSSR count). The van der Waals surface area contributed by atoms with Crippen LogP contribution in [0, 0.1) is 0 Å². The Balaban J connectivity index is 1.94. The molecule has 0 radical (unpaired) electrons. The van der Waals surface area contributed by atoms with Crippen molar-refractivity contribution in [1.82, 2.24) is 9.88 Å². The molecule has 0 saturated carbocycles. The summed E-state index contributed by atoms with van der Waals surface area (Å²) in [5.74, 6) is 0. The lowest BCUT2D eigenvalue weighted by Gasteiger charge is -2.18. The average molecular weight is 276 g/mol.